The molecule has 1 aliphatic heterocycles. The van der Waals surface area contributed by atoms with Crippen LogP contribution >= 0.6 is 23.8 Å². The summed E-state index contributed by atoms with van der Waals surface area (Å²) in [7, 11) is 2.85. The van der Waals surface area contributed by atoms with E-state index in [0.29, 0.717) is 38.5 Å². The van der Waals surface area contributed by atoms with Gasteiger partial charge >= 0.3 is 5.97 Å². The molecule has 3 aromatic carbocycles. The molecule has 0 saturated carbocycles. The highest BCUT2D eigenvalue weighted by molar-refractivity contribution is 7.80. The summed E-state index contributed by atoms with van der Waals surface area (Å²) in [5.41, 5.74) is 3.14. The summed E-state index contributed by atoms with van der Waals surface area (Å²) >= 11 is 11.5. The van der Waals surface area contributed by atoms with Crippen molar-refractivity contribution in [2.75, 3.05) is 14.2 Å². The molecule has 1 aliphatic rings. The molecular weight excluding hydrogens is 491 g/mol. The van der Waals surface area contributed by atoms with Crippen molar-refractivity contribution < 1.29 is 23.4 Å². The standard InChI is InChI=1S/C26H22ClFN2O4S/c1-32-21-13-17(7-12-20(21)34-14-15-3-10-19(28)11-4-15)24-22(25(31)33-2)23(29-26(35)30-24)16-5-8-18(27)9-6-16/h3-13,24H,14H2,1-2H3,(H2,29,30,35)/t24-/m1/s1. The molecule has 180 valence electrons. The number of halogens is 2. The van der Waals surface area contributed by atoms with E-state index in [1.54, 1.807) is 48.5 Å². The highest BCUT2D eigenvalue weighted by Gasteiger charge is 2.33. The Bertz CT molecular complexity index is 1280. The molecule has 6 nitrogen and oxygen atoms in total. The maximum Gasteiger partial charge on any atom is 0.338 e. The lowest BCUT2D eigenvalue weighted by atomic mass is 9.92. The van der Waals surface area contributed by atoms with Crippen LogP contribution in [-0.2, 0) is 16.1 Å². The van der Waals surface area contributed by atoms with E-state index in [0.717, 1.165) is 11.1 Å². The number of nitrogens with one attached hydrogen (secondary N) is 2. The smallest absolute Gasteiger partial charge is 0.338 e. The monoisotopic (exact) mass is 512 g/mol. The average Bonchev–Trinajstić information content (AvgIpc) is 2.87. The summed E-state index contributed by atoms with van der Waals surface area (Å²) in [6.07, 6.45) is 0. The molecule has 2 N–H and O–H groups in total. The molecule has 0 bridgehead atoms. The third-order valence-corrected chi connectivity index (χ3v) is 5.91. The van der Waals surface area contributed by atoms with Crippen molar-refractivity contribution in [3.8, 4) is 11.5 Å². The Hall–Kier alpha value is -3.62. The molecule has 0 radical (unpaired) electrons. The van der Waals surface area contributed by atoms with Crippen LogP contribution < -0.4 is 20.1 Å². The summed E-state index contributed by atoms with van der Waals surface area (Å²) in [5, 5.41) is 7.14. The van der Waals surface area contributed by atoms with Crippen molar-refractivity contribution in [2.45, 2.75) is 12.6 Å². The minimum atomic E-state index is -0.609. The zero-order chi connectivity index (χ0) is 24.9. The summed E-state index contributed by atoms with van der Waals surface area (Å²) in [5.74, 6) is 0.139. The van der Waals surface area contributed by atoms with Gasteiger partial charge in [-0.15, -0.1) is 0 Å². The number of thiocarbonyl (C=S) groups is 1. The van der Waals surface area contributed by atoms with E-state index in [1.807, 2.05) is 6.07 Å². The molecule has 3 aromatic rings. The molecule has 1 atom stereocenters. The SMILES string of the molecule is COC(=O)C1=C(c2ccc(Cl)cc2)NC(=S)N[C@@H]1c1ccc(OCc2ccc(F)cc2)c(OC)c1. The van der Waals surface area contributed by atoms with Crippen LogP contribution in [0.5, 0.6) is 11.5 Å². The van der Waals surface area contributed by atoms with Crippen molar-refractivity contribution in [3.05, 3.63) is 99.8 Å². The number of carbonyl (C=O) groups is 1. The van der Waals surface area contributed by atoms with Crippen LogP contribution in [0.1, 0.15) is 22.7 Å². The molecule has 9 heteroatoms. The summed E-state index contributed by atoms with van der Waals surface area (Å²) in [6.45, 7) is 0.236. The number of hydrogen-bond acceptors (Lipinski definition) is 5. The Morgan fingerprint density at radius 1 is 1.03 bits per heavy atom. The first kappa shape index (κ1) is 24.5. The van der Waals surface area contributed by atoms with E-state index in [9.17, 15) is 9.18 Å². The van der Waals surface area contributed by atoms with Crippen molar-refractivity contribution in [2.24, 2.45) is 0 Å². The first-order valence-corrected chi connectivity index (χ1v) is 11.4. The van der Waals surface area contributed by atoms with Crippen molar-refractivity contribution in [1.82, 2.24) is 10.6 Å². The lowest BCUT2D eigenvalue weighted by Crippen LogP contribution is -2.45. The minimum absolute atomic E-state index is 0.236. The lowest BCUT2D eigenvalue weighted by molar-refractivity contribution is -0.136. The molecule has 0 fully saturated rings. The Kier molecular flexibility index (Phi) is 7.53. The number of hydrogen-bond donors (Lipinski definition) is 2. The average molecular weight is 513 g/mol. The van der Waals surface area contributed by atoms with Gasteiger partial charge in [-0.3, -0.25) is 0 Å². The van der Waals surface area contributed by atoms with E-state index in [1.165, 1.54) is 26.4 Å². The van der Waals surface area contributed by atoms with Gasteiger partial charge in [0.2, 0.25) is 0 Å². The fourth-order valence-electron chi connectivity index (χ4n) is 3.71. The van der Waals surface area contributed by atoms with Gasteiger partial charge in [0, 0.05) is 5.02 Å². The molecule has 0 amide bonds. The number of rotatable bonds is 7. The number of benzene rings is 3. The summed E-state index contributed by atoms with van der Waals surface area (Å²) < 4.78 is 29.7. The van der Waals surface area contributed by atoms with Crippen LogP contribution in [0, 0.1) is 5.82 Å². The second-order valence-electron chi connectivity index (χ2n) is 7.64. The molecule has 35 heavy (non-hydrogen) atoms. The maximum atomic E-state index is 13.2. The fourth-order valence-corrected chi connectivity index (χ4v) is 4.06. The zero-order valence-electron chi connectivity index (χ0n) is 18.9. The third kappa shape index (κ3) is 5.55. The molecular formula is C26H22ClFN2O4S. The molecule has 0 spiro atoms. The molecule has 1 heterocycles. The second kappa shape index (κ2) is 10.8. The van der Waals surface area contributed by atoms with E-state index in [-0.39, 0.29) is 12.4 Å². The Labute approximate surface area is 212 Å². The topological polar surface area (TPSA) is 68.8 Å². The summed E-state index contributed by atoms with van der Waals surface area (Å²) in [6, 6.07) is 17.9. The molecule has 0 aliphatic carbocycles. The van der Waals surface area contributed by atoms with Gasteiger partial charge in [0.1, 0.15) is 12.4 Å². The first-order valence-electron chi connectivity index (χ1n) is 10.6. The Morgan fingerprint density at radius 3 is 2.40 bits per heavy atom. The normalized spacial score (nSPS) is 15.2. The van der Waals surface area contributed by atoms with E-state index in [2.05, 4.69) is 10.6 Å². The van der Waals surface area contributed by atoms with Gasteiger partial charge in [-0.05, 0) is 65.3 Å². The predicted molar refractivity (Wildman–Crippen MR) is 136 cm³/mol. The molecule has 0 unspecified atom stereocenters. The quantitative estimate of drug-likeness (QED) is 0.334. The van der Waals surface area contributed by atoms with Crippen LogP contribution in [0.3, 0.4) is 0 Å². The number of esters is 1. The van der Waals surface area contributed by atoms with Gasteiger partial charge in [0.15, 0.2) is 16.6 Å². The number of methoxy groups -OCH3 is 2. The van der Waals surface area contributed by atoms with Gasteiger partial charge < -0.3 is 24.8 Å². The predicted octanol–water partition coefficient (Wildman–Crippen LogP) is 5.17. The van der Waals surface area contributed by atoms with Crippen LogP contribution in [0.4, 0.5) is 4.39 Å². The van der Waals surface area contributed by atoms with Crippen molar-refractivity contribution in [1.29, 1.82) is 0 Å². The van der Waals surface area contributed by atoms with Crippen molar-refractivity contribution >= 4 is 40.6 Å². The van der Waals surface area contributed by atoms with Gasteiger partial charge in [-0.1, -0.05) is 41.9 Å². The fraction of sp³-hybridized carbons (Fsp3) is 0.154. The van der Waals surface area contributed by atoms with Gasteiger partial charge in [0.05, 0.1) is 31.5 Å². The molecule has 4 rings (SSSR count). The van der Waals surface area contributed by atoms with E-state index < -0.39 is 12.0 Å². The first-order chi connectivity index (χ1) is 16.9. The van der Waals surface area contributed by atoms with Crippen LogP contribution in [0.25, 0.3) is 5.70 Å². The highest BCUT2D eigenvalue weighted by atomic mass is 35.5. The van der Waals surface area contributed by atoms with Gasteiger partial charge in [-0.25, -0.2) is 9.18 Å². The Balaban J connectivity index is 1.70. The third-order valence-electron chi connectivity index (χ3n) is 5.44. The number of ether oxygens (including phenoxy) is 3. The molecule has 0 saturated heterocycles. The van der Waals surface area contributed by atoms with Crippen LogP contribution in [0.15, 0.2) is 72.3 Å². The maximum absolute atomic E-state index is 13.2. The lowest BCUT2D eigenvalue weighted by Gasteiger charge is -2.31. The highest BCUT2D eigenvalue weighted by Crippen LogP contribution is 2.37. The minimum Gasteiger partial charge on any atom is -0.493 e. The number of carbonyl (C=O) groups excluding carboxylic acids is 1. The van der Waals surface area contributed by atoms with Gasteiger partial charge in [0.25, 0.3) is 0 Å². The van der Waals surface area contributed by atoms with Crippen LogP contribution in [0.2, 0.25) is 5.02 Å². The second-order valence-corrected chi connectivity index (χ2v) is 8.49. The van der Waals surface area contributed by atoms with Crippen molar-refractivity contribution in [3.63, 3.8) is 0 Å². The molecule has 0 aromatic heterocycles. The van der Waals surface area contributed by atoms with Gasteiger partial charge in [-0.2, -0.15) is 0 Å². The Morgan fingerprint density at radius 2 is 1.74 bits per heavy atom. The summed E-state index contributed by atoms with van der Waals surface area (Å²) in [4.78, 5) is 12.9. The van der Waals surface area contributed by atoms with E-state index in [4.69, 9.17) is 38.0 Å². The van der Waals surface area contributed by atoms with E-state index >= 15 is 0 Å². The zero-order valence-corrected chi connectivity index (χ0v) is 20.5. The van der Waals surface area contributed by atoms with Crippen LogP contribution in [-0.4, -0.2) is 25.3 Å². The largest absolute Gasteiger partial charge is 0.493 e.